The number of fused-ring (bicyclic) bond motifs is 2. The van der Waals surface area contributed by atoms with Crippen molar-refractivity contribution in [3.8, 4) is 0 Å². The number of carbonyl (C=O) groups is 2. The molecule has 1 atom stereocenters. The standard InChI is InChI=1S/C23H23ClN4O2.C8H16N2O2/c1-14(2)30-23(29)27-22(21-12-25-13-28(21)3)19-9-16-5-4-8-26-20(16)10-15-6-7-17(24)11-18(15)19;1-7(2)12-8(11)10-5-3-9-4-6-10/h4-9,11-14,22H,10H2,1-3H3,(H,27,29);7,9H,3-6H2,1-2H3. The number of carbonyl (C=O) groups excluding carboxylic acids is 2. The fourth-order valence-electron chi connectivity index (χ4n) is 4.81. The molecule has 2 aliphatic rings. The van der Waals surface area contributed by atoms with E-state index >= 15 is 0 Å². The number of halogens is 1. The molecule has 1 aliphatic heterocycles. The van der Waals surface area contributed by atoms with Gasteiger partial charge in [0.1, 0.15) is 0 Å². The van der Waals surface area contributed by atoms with Crippen molar-refractivity contribution < 1.29 is 19.1 Å². The first-order chi connectivity index (χ1) is 20.1. The SMILES string of the molecule is CC(C)OC(=O)N1CCNCC1.CC(C)OC(=O)NC(C1=Cc2cccnc2Cc2ccc(Cl)cc21)c1cncn1C. The highest BCUT2D eigenvalue weighted by atomic mass is 35.5. The summed E-state index contributed by atoms with van der Waals surface area (Å²) >= 11 is 6.37. The Bertz CT molecular complexity index is 1410. The smallest absolute Gasteiger partial charge is 0.410 e. The first-order valence-electron chi connectivity index (χ1n) is 14.2. The number of piperazine rings is 1. The van der Waals surface area contributed by atoms with Crippen LogP contribution in [-0.4, -0.2) is 70.0 Å². The molecule has 10 nitrogen and oxygen atoms in total. The number of benzene rings is 1. The van der Waals surface area contributed by atoms with E-state index in [0.717, 1.165) is 59.8 Å². The molecule has 1 aromatic carbocycles. The maximum absolute atomic E-state index is 12.6. The van der Waals surface area contributed by atoms with Crippen LogP contribution in [0.4, 0.5) is 9.59 Å². The number of imidazole rings is 1. The van der Waals surface area contributed by atoms with Gasteiger partial charge in [-0.05, 0) is 74.2 Å². The van der Waals surface area contributed by atoms with E-state index in [1.165, 1.54) is 0 Å². The predicted octanol–water partition coefficient (Wildman–Crippen LogP) is 5.23. The summed E-state index contributed by atoms with van der Waals surface area (Å²) in [6.45, 7) is 10.6. The highest BCUT2D eigenvalue weighted by Crippen LogP contribution is 2.38. The molecule has 0 bridgehead atoms. The van der Waals surface area contributed by atoms with E-state index in [4.69, 9.17) is 21.1 Å². The Hall–Kier alpha value is -3.89. The van der Waals surface area contributed by atoms with Crippen LogP contribution in [0.5, 0.6) is 0 Å². The average Bonchev–Trinajstić information content (AvgIpc) is 3.30. The second-order valence-electron chi connectivity index (χ2n) is 10.7. The molecule has 0 spiro atoms. The van der Waals surface area contributed by atoms with Crippen molar-refractivity contribution in [1.82, 2.24) is 30.1 Å². The molecule has 1 saturated heterocycles. The van der Waals surface area contributed by atoms with Gasteiger partial charge < -0.3 is 29.6 Å². The monoisotopic (exact) mass is 594 g/mol. The lowest BCUT2D eigenvalue weighted by Crippen LogP contribution is -2.47. The van der Waals surface area contributed by atoms with E-state index in [-0.39, 0.29) is 18.3 Å². The zero-order valence-corrected chi connectivity index (χ0v) is 25.5. The number of ether oxygens (including phenoxy) is 2. The number of alkyl carbamates (subject to hydrolysis) is 1. The van der Waals surface area contributed by atoms with Crippen LogP contribution < -0.4 is 10.6 Å². The summed E-state index contributed by atoms with van der Waals surface area (Å²) in [5.41, 5.74) is 5.78. The molecule has 11 heteroatoms. The summed E-state index contributed by atoms with van der Waals surface area (Å²) in [5, 5.41) is 6.83. The van der Waals surface area contributed by atoms with Crippen molar-refractivity contribution in [2.24, 2.45) is 7.05 Å². The Labute approximate surface area is 252 Å². The van der Waals surface area contributed by atoms with Gasteiger partial charge >= 0.3 is 12.2 Å². The third-order valence-corrected chi connectivity index (χ3v) is 6.99. The number of aryl methyl sites for hydroxylation is 1. The number of pyridine rings is 1. The largest absolute Gasteiger partial charge is 0.447 e. The lowest BCUT2D eigenvalue weighted by molar-refractivity contribution is 0.0731. The zero-order chi connectivity index (χ0) is 30.2. The lowest BCUT2D eigenvalue weighted by Gasteiger charge is -2.27. The Balaban J connectivity index is 0.000000283. The fourth-order valence-corrected chi connectivity index (χ4v) is 4.98. The number of nitrogens with one attached hydrogen (secondary N) is 2. The molecule has 224 valence electrons. The molecule has 2 aromatic heterocycles. The number of hydrogen-bond donors (Lipinski definition) is 2. The average molecular weight is 595 g/mol. The van der Waals surface area contributed by atoms with Crippen molar-refractivity contribution in [2.45, 2.75) is 52.4 Å². The van der Waals surface area contributed by atoms with E-state index < -0.39 is 12.1 Å². The quantitative estimate of drug-likeness (QED) is 0.416. The van der Waals surface area contributed by atoms with Crippen molar-refractivity contribution in [2.75, 3.05) is 26.2 Å². The fraction of sp³-hybridized carbons (Fsp3) is 0.419. The number of rotatable bonds is 5. The maximum atomic E-state index is 12.6. The molecule has 3 aromatic rings. The van der Waals surface area contributed by atoms with Gasteiger partial charge in [-0.3, -0.25) is 4.98 Å². The Morgan fingerprint density at radius 2 is 1.81 bits per heavy atom. The Kier molecular flexibility index (Phi) is 10.6. The molecule has 0 radical (unpaired) electrons. The van der Waals surface area contributed by atoms with Crippen molar-refractivity contribution in [3.05, 3.63) is 82.2 Å². The van der Waals surface area contributed by atoms with Crippen LogP contribution in [0.3, 0.4) is 0 Å². The van der Waals surface area contributed by atoms with E-state index in [1.54, 1.807) is 23.6 Å². The summed E-state index contributed by atoms with van der Waals surface area (Å²) in [7, 11) is 1.90. The molecule has 42 heavy (non-hydrogen) atoms. The molecular weight excluding hydrogens is 556 g/mol. The van der Waals surface area contributed by atoms with Crippen LogP contribution in [0.25, 0.3) is 11.6 Å². The number of amides is 2. The van der Waals surface area contributed by atoms with Crippen LogP contribution in [0.2, 0.25) is 5.02 Å². The van der Waals surface area contributed by atoms with Crippen LogP contribution in [0, 0.1) is 0 Å². The minimum absolute atomic E-state index is 0.0209. The highest BCUT2D eigenvalue weighted by Gasteiger charge is 2.28. The highest BCUT2D eigenvalue weighted by molar-refractivity contribution is 6.30. The Morgan fingerprint density at radius 1 is 1.07 bits per heavy atom. The number of nitrogens with zero attached hydrogens (tertiary/aromatic N) is 4. The van der Waals surface area contributed by atoms with E-state index in [0.29, 0.717) is 11.4 Å². The number of hydrogen-bond acceptors (Lipinski definition) is 7. The summed E-state index contributed by atoms with van der Waals surface area (Å²) in [6, 6.07) is 9.30. The predicted molar refractivity (Wildman–Crippen MR) is 163 cm³/mol. The first-order valence-corrected chi connectivity index (χ1v) is 14.5. The van der Waals surface area contributed by atoms with Gasteiger partial charge in [-0.15, -0.1) is 0 Å². The first kappa shape index (κ1) is 31.1. The normalized spacial score (nSPS) is 15.0. The summed E-state index contributed by atoms with van der Waals surface area (Å²) < 4.78 is 12.3. The molecule has 5 rings (SSSR count). The van der Waals surface area contributed by atoms with Crippen molar-refractivity contribution in [3.63, 3.8) is 0 Å². The summed E-state index contributed by atoms with van der Waals surface area (Å²) in [6.07, 6.45) is 7.07. The van der Waals surface area contributed by atoms with Crippen LogP contribution in [0.15, 0.2) is 49.1 Å². The molecule has 0 saturated carbocycles. The third-order valence-electron chi connectivity index (χ3n) is 6.75. The van der Waals surface area contributed by atoms with Gasteiger partial charge in [0.25, 0.3) is 0 Å². The van der Waals surface area contributed by atoms with Crippen LogP contribution in [0.1, 0.15) is 61.8 Å². The lowest BCUT2D eigenvalue weighted by atomic mass is 9.92. The van der Waals surface area contributed by atoms with Crippen molar-refractivity contribution in [1.29, 1.82) is 0 Å². The molecule has 2 amide bonds. The van der Waals surface area contributed by atoms with Gasteiger partial charge in [-0.25, -0.2) is 14.6 Å². The number of aromatic nitrogens is 3. The molecule has 1 aliphatic carbocycles. The second-order valence-corrected chi connectivity index (χ2v) is 11.2. The summed E-state index contributed by atoms with van der Waals surface area (Å²) in [4.78, 5) is 34.4. The third kappa shape index (κ3) is 8.10. The molecular formula is C31H39ClN6O4. The second kappa shape index (κ2) is 14.3. The Morgan fingerprint density at radius 3 is 2.48 bits per heavy atom. The van der Waals surface area contributed by atoms with E-state index in [1.807, 2.05) is 69.6 Å². The van der Waals surface area contributed by atoms with Crippen LogP contribution in [-0.2, 0) is 22.9 Å². The van der Waals surface area contributed by atoms with E-state index in [2.05, 4.69) is 26.7 Å². The van der Waals surface area contributed by atoms with Gasteiger partial charge in [-0.1, -0.05) is 23.7 Å². The topological polar surface area (TPSA) is 111 Å². The van der Waals surface area contributed by atoms with Crippen LogP contribution >= 0.6 is 11.6 Å². The van der Waals surface area contributed by atoms with E-state index in [9.17, 15) is 9.59 Å². The minimum atomic E-state index is -0.490. The molecule has 2 N–H and O–H groups in total. The zero-order valence-electron chi connectivity index (χ0n) is 24.8. The molecule has 1 fully saturated rings. The molecule has 1 unspecified atom stereocenters. The van der Waals surface area contributed by atoms with Gasteiger partial charge in [-0.2, -0.15) is 0 Å². The minimum Gasteiger partial charge on any atom is -0.447 e. The maximum Gasteiger partial charge on any atom is 0.410 e. The van der Waals surface area contributed by atoms with Gasteiger partial charge in [0.15, 0.2) is 0 Å². The van der Waals surface area contributed by atoms with Gasteiger partial charge in [0.2, 0.25) is 0 Å². The van der Waals surface area contributed by atoms with Crippen molar-refractivity contribution >= 4 is 35.4 Å². The van der Waals surface area contributed by atoms with Gasteiger partial charge in [0, 0.05) is 50.9 Å². The summed E-state index contributed by atoms with van der Waals surface area (Å²) in [5.74, 6) is 0. The van der Waals surface area contributed by atoms with Gasteiger partial charge in [0.05, 0.1) is 42.2 Å². The molecule has 3 heterocycles.